The Morgan fingerprint density at radius 1 is 1.03 bits per heavy atom. The van der Waals surface area contributed by atoms with Crippen molar-refractivity contribution in [2.45, 2.75) is 58.0 Å². The number of aryl methyl sites for hydroxylation is 1. The Morgan fingerprint density at radius 3 is 2.31 bits per heavy atom. The van der Waals surface area contributed by atoms with E-state index in [1.165, 1.54) is 0 Å². The maximum atomic E-state index is 12.9. The lowest BCUT2D eigenvalue weighted by Gasteiger charge is -2.17. The molecule has 0 radical (unpaired) electrons. The molecule has 0 bridgehead atoms. The first-order chi connectivity index (χ1) is 15.3. The highest BCUT2D eigenvalue weighted by Gasteiger charge is 2.22. The maximum absolute atomic E-state index is 12.9. The van der Waals surface area contributed by atoms with E-state index in [1.54, 1.807) is 37.4 Å². The Hall–Kier alpha value is -2.84. The number of sulfonamides is 1. The summed E-state index contributed by atoms with van der Waals surface area (Å²) in [6.45, 7) is 9.06. The number of imidazole rings is 1. The van der Waals surface area contributed by atoms with Crippen molar-refractivity contribution >= 4 is 10.0 Å². The van der Waals surface area contributed by atoms with Crippen molar-refractivity contribution < 1.29 is 17.9 Å². The van der Waals surface area contributed by atoms with E-state index in [4.69, 9.17) is 9.47 Å². The molecule has 1 N–H and O–H groups in total. The number of benzene rings is 2. The molecule has 0 fully saturated rings. The molecule has 1 aromatic heterocycles. The van der Waals surface area contributed by atoms with E-state index in [1.807, 2.05) is 42.7 Å². The van der Waals surface area contributed by atoms with E-state index < -0.39 is 16.1 Å². The first kappa shape index (κ1) is 23.8. The molecule has 0 saturated heterocycles. The number of rotatable bonds is 11. The molecule has 8 heteroatoms. The number of unbranched alkanes of at least 4 members (excludes halogenated alkanes) is 1. The van der Waals surface area contributed by atoms with Crippen molar-refractivity contribution in [1.29, 1.82) is 0 Å². The van der Waals surface area contributed by atoms with Crippen LogP contribution in [-0.4, -0.2) is 24.6 Å². The third-order valence-corrected chi connectivity index (χ3v) is 6.63. The van der Waals surface area contributed by atoms with Crippen LogP contribution >= 0.6 is 0 Å². The maximum Gasteiger partial charge on any atom is 0.302 e. The molecule has 3 aromatic rings. The fraction of sp³-hybridized carbons (Fsp3) is 0.375. The van der Waals surface area contributed by atoms with Gasteiger partial charge in [-0.1, -0.05) is 31.0 Å². The average Bonchev–Trinajstić information content (AvgIpc) is 3.18. The normalized spacial score (nSPS) is 12.5. The van der Waals surface area contributed by atoms with Crippen LogP contribution in [0.3, 0.4) is 0 Å². The van der Waals surface area contributed by atoms with Gasteiger partial charge in [-0.25, -0.2) is 18.1 Å². The number of nitrogens with zero attached hydrogens (tertiary/aromatic N) is 2. The zero-order valence-electron chi connectivity index (χ0n) is 19.0. The fourth-order valence-electron chi connectivity index (χ4n) is 3.24. The summed E-state index contributed by atoms with van der Waals surface area (Å²) in [7, 11) is -3.72. The van der Waals surface area contributed by atoms with Crippen LogP contribution in [-0.2, 0) is 16.6 Å². The second-order valence-corrected chi connectivity index (χ2v) is 9.36. The van der Waals surface area contributed by atoms with Crippen LogP contribution in [0.2, 0.25) is 0 Å². The summed E-state index contributed by atoms with van der Waals surface area (Å²) in [6.07, 6.45) is 3.64. The highest BCUT2D eigenvalue weighted by Crippen LogP contribution is 2.26. The van der Waals surface area contributed by atoms with Gasteiger partial charge in [0.25, 0.3) is 0 Å². The van der Waals surface area contributed by atoms with Crippen molar-refractivity contribution in [3.05, 3.63) is 66.0 Å². The first-order valence-corrected chi connectivity index (χ1v) is 12.4. The standard InChI is InChI=1S/C24H31N3O4S/c1-5-7-16-30-20-12-14-22(15-13-20)32(28,29)26-19(4)23-17-25-24(27(23)6-2)31-21-10-8-18(3)9-11-21/h8-15,17,19,26H,5-7,16H2,1-4H3. The minimum absolute atomic E-state index is 0.186. The molecule has 0 spiro atoms. The first-order valence-electron chi connectivity index (χ1n) is 10.9. The predicted molar refractivity (Wildman–Crippen MR) is 125 cm³/mol. The highest BCUT2D eigenvalue weighted by molar-refractivity contribution is 7.89. The summed E-state index contributed by atoms with van der Waals surface area (Å²) < 4.78 is 41.9. The van der Waals surface area contributed by atoms with Gasteiger partial charge in [0.1, 0.15) is 11.5 Å². The average molecular weight is 458 g/mol. The number of hydrogen-bond acceptors (Lipinski definition) is 5. The van der Waals surface area contributed by atoms with Gasteiger partial charge in [-0.3, -0.25) is 4.57 Å². The quantitative estimate of drug-likeness (QED) is 0.399. The third-order valence-electron chi connectivity index (χ3n) is 5.07. The van der Waals surface area contributed by atoms with E-state index in [0.717, 1.165) is 24.1 Å². The lowest BCUT2D eigenvalue weighted by Crippen LogP contribution is -2.28. The fourth-order valence-corrected chi connectivity index (χ4v) is 4.45. The van der Waals surface area contributed by atoms with Crippen LogP contribution < -0.4 is 14.2 Å². The second kappa shape index (κ2) is 10.7. The molecule has 172 valence electrons. The largest absolute Gasteiger partial charge is 0.494 e. The molecule has 1 atom stereocenters. The minimum atomic E-state index is -3.72. The molecule has 32 heavy (non-hydrogen) atoms. The van der Waals surface area contributed by atoms with Gasteiger partial charge < -0.3 is 9.47 Å². The Kier molecular flexibility index (Phi) is 7.93. The van der Waals surface area contributed by atoms with Gasteiger partial charge in [-0.2, -0.15) is 0 Å². The summed E-state index contributed by atoms with van der Waals surface area (Å²) in [4.78, 5) is 4.55. The molecule has 0 saturated carbocycles. The summed E-state index contributed by atoms with van der Waals surface area (Å²) in [5.74, 6) is 1.34. The van der Waals surface area contributed by atoms with E-state index in [9.17, 15) is 8.42 Å². The van der Waals surface area contributed by atoms with E-state index in [-0.39, 0.29) is 4.90 Å². The van der Waals surface area contributed by atoms with Crippen LogP contribution in [0.25, 0.3) is 0 Å². The van der Waals surface area contributed by atoms with Crippen molar-refractivity contribution in [1.82, 2.24) is 14.3 Å². The molecule has 0 aliphatic heterocycles. The molecular weight excluding hydrogens is 426 g/mol. The number of nitrogens with one attached hydrogen (secondary N) is 1. The molecule has 0 aliphatic carbocycles. The third kappa shape index (κ3) is 5.89. The Balaban J connectivity index is 1.72. The molecule has 2 aromatic carbocycles. The van der Waals surface area contributed by atoms with Crippen LogP contribution in [0.1, 0.15) is 50.9 Å². The van der Waals surface area contributed by atoms with Crippen molar-refractivity contribution in [3.8, 4) is 17.5 Å². The zero-order valence-corrected chi connectivity index (χ0v) is 19.9. The Labute approximate surface area is 190 Å². The molecule has 1 unspecified atom stereocenters. The Morgan fingerprint density at radius 2 is 1.69 bits per heavy atom. The summed E-state index contributed by atoms with van der Waals surface area (Å²) in [5, 5.41) is 0. The van der Waals surface area contributed by atoms with Crippen molar-refractivity contribution in [2.75, 3.05) is 6.61 Å². The molecule has 0 aliphatic rings. The monoisotopic (exact) mass is 457 g/mol. The second-order valence-electron chi connectivity index (χ2n) is 7.64. The van der Waals surface area contributed by atoms with E-state index in [2.05, 4.69) is 16.6 Å². The van der Waals surface area contributed by atoms with E-state index >= 15 is 0 Å². The predicted octanol–water partition coefficient (Wildman–Crippen LogP) is 5.22. The molecule has 1 heterocycles. The minimum Gasteiger partial charge on any atom is -0.494 e. The van der Waals surface area contributed by atoms with Gasteiger partial charge in [0.15, 0.2) is 0 Å². The zero-order chi connectivity index (χ0) is 23.1. The van der Waals surface area contributed by atoms with E-state index in [0.29, 0.717) is 30.7 Å². The molecule has 7 nitrogen and oxygen atoms in total. The summed E-state index contributed by atoms with van der Waals surface area (Å²) in [5.41, 5.74) is 1.86. The van der Waals surface area contributed by atoms with Crippen molar-refractivity contribution in [2.24, 2.45) is 0 Å². The van der Waals surface area contributed by atoms with Crippen LogP contribution in [0, 0.1) is 6.92 Å². The van der Waals surface area contributed by atoms with Gasteiger partial charge in [-0.15, -0.1) is 0 Å². The van der Waals surface area contributed by atoms with Gasteiger partial charge in [0.2, 0.25) is 10.0 Å². The van der Waals surface area contributed by atoms with Crippen LogP contribution in [0.15, 0.2) is 59.6 Å². The number of aromatic nitrogens is 2. The smallest absolute Gasteiger partial charge is 0.302 e. The lowest BCUT2D eigenvalue weighted by atomic mass is 10.2. The van der Waals surface area contributed by atoms with Crippen LogP contribution in [0.5, 0.6) is 17.5 Å². The lowest BCUT2D eigenvalue weighted by molar-refractivity contribution is 0.309. The van der Waals surface area contributed by atoms with Crippen LogP contribution in [0.4, 0.5) is 0 Å². The van der Waals surface area contributed by atoms with Gasteiger partial charge in [0.05, 0.1) is 29.4 Å². The Bertz CT molecular complexity index is 1110. The SMILES string of the molecule is CCCCOc1ccc(S(=O)(=O)NC(C)c2cnc(Oc3ccc(C)cc3)n2CC)cc1. The number of hydrogen-bond donors (Lipinski definition) is 1. The summed E-state index contributed by atoms with van der Waals surface area (Å²) >= 11 is 0. The number of ether oxygens (including phenoxy) is 2. The molecule has 0 amide bonds. The summed E-state index contributed by atoms with van der Waals surface area (Å²) in [6, 6.07) is 14.1. The molecular formula is C24H31N3O4S. The highest BCUT2D eigenvalue weighted by atomic mass is 32.2. The van der Waals surface area contributed by atoms with Gasteiger partial charge in [0, 0.05) is 6.54 Å². The van der Waals surface area contributed by atoms with Gasteiger partial charge >= 0.3 is 6.01 Å². The molecule has 3 rings (SSSR count). The van der Waals surface area contributed by atoms with Crippen molar-refractivity contribution in [3.63, 3.8) is 0 Å². The van der Waals surface area contributed by atoms with Gasteiger partial charge in [-0.05, 0) is 63.6 Å². The topological polar surface area (TPSA) is 82.5 Å².